The van der Waals surface area contributed by atoms with Gasteiger partial charge in [0.2, 0.25) is 0 Å². The highest BCUT2D eigenvalue weighted by molar-refractivity contribution is 7.52. The fourth-order valence-corrected chi connectivity index (χ4v) is 4.16. The fraction of sp³-hybridized carbons (Fsp3) is 0.450. The van der Waals surface area contributed by atoms with Crippen LogP contribution in [-0.4, -0.2) is 37.9 Å². The molecular formula is C20H25Cl2N2O7P. The first kappa shape index (κ1) is 26.4. The zero-order chi connectivity index (χ0) is 23.7. The Balaban J connectivity index is 2.16. The maximum atomic E-state index is 12.7. The number of amides is 1. The van der Waals surface area contributed by atoms with Crippen molar-refractivity contribution in [3.63, 3.8) is 0 Å². The molecule has 1 N–H and O–H groups in total. The molecule has 0 saturated heterocycles. The summed E-state index contributed by atoms with van der Waals surface area (Å²) < 4.78 is 27.6. The van der Waals surface area contributed by atoms with E-state index in [9.17, 15) is 14.2 Å². The smallest absolute Gasteiger partial charge is 0.440 e. The lowest BCUT2D eigenvalue weighted by Gasteiger charge is -2.16. The van der Waals surface area contributed by atoms with Gasteiger partial charge in [0, 0.05) is 31.7 Å². The highest BCUT2D eigenvalue weighted by Gasteiger charge is 2.25. The molecule has 0 aliphatic heterocycles. The Hall–Kier alpha value is -1.90. The lowest BCUT2D eigenvalue weighted by atomic mass is 10.1. The van der Waals surface area contributed by atoms with Crippen molar-refractivity contribution in [2.24, 2.45) is 0 Å². The van der Waals surface area contributed by atoms with Crippen LogP contribution < -0.4 is 5.48 Å². The average molecular weight is 507 g/mol. The summed E-state index contributed by atoms with van der Waals surface area (Å²) >= 11 is 12.2. The van der Waals surface area contributed by atoms with E-state index in [1.807, 2.05) is 12.4 Å². The van der Waals surface area contributed by atoms with E-state index in [4.69, 9.17) is 41.8 Å². The molecule has 0 atom stereocenters. The molecule has 1 aromatic carbocycles. The number of halogens is 2. The van der Waals surface area contributed by atoms with Crippen LogP contribution in [0.15, 0.2) is 18.2 Å². The lowest BCUT2D eigenvalue weighted by molar-refractivity contribution is -0.149. The Morgan fingerprint density at radius 3 is 2.47 bits per heavy atom. The summed E-state index contributed by atoms with van der Waals surface area (Å²) in [6, 6.07) is 5.00. The molecule has 0 radical (unpaired) electrons. The van der Waals surface area contributed by atoms with Gasteiger partial charge in [-0.15, -0.1) is 5.48 Å². The van der Waals surface area contributed by atoms with Gasteiger partial charge < -0.3 is 18.6 Å². The van der Waals surface area contributed by atoms with Gasteiger partial charge in [-0.3, -0.25) is 9.55 Å². The maximum absolute atomic E-state index is 12.7. The molecule has 0 fully saturated rings. The van der Waals surface area contributed by atoms with Crippen LogP contribution in [0.2, 0.25) is 10.0 Å². The van der Waals surface area contributed by atoms with Crippen molar-refractivity contribution in [1.82, 2.24) is 10.5 Å². The molecule has 9 nitrogen and oxygen atoms in total. The van der Waals surface area contributed by atoms with Gasteiger partial charge in [0.25, 0.3) is 0 Å². The number of aryl methyl sites for hydroxylation is 1. The number of aromatic nitrogens is 1. The van der Waals surface area contributed by atoms with E-state index in [1.165, 1.54) is 14.2 Å². The van der Waals surface area contributed by atoms with Gasteiger partial charge in [-0.05, 0) is 30.2 Å². The van der Waals surface area contributed by atoms with Crippen LogP contribution in [0.4, 0.5) is 4.79 Å². The number of pyridine rings is 1. The number of fused-ring (bicyclic) bond motifs is 1. The van der Waals surface area contributed by atoms with Crippen LogP contribution in [0.25, 0.3) is 10.9 Å². The minimum absolute atomic E-state index is 0.0599. The quantitative estimate of drug-likeness (QED) is 0.257. The van der Waals surface area contributed by atoms with Crippen molar-refractivity contribution in [3.05, 3.63) is 39.5 Å². The first-order valence-electron chi connectivity index (χ1n) is 9.81. The van der Waals surface area contributed by atoms with E-state index >= 15 is 0 Å². The predicted octanol–water partition coefficient (Wildman–Crippen LogP) is 5.44. The van der Waals surface area contributed by atoms with Crippen molar-refractivity contribution in [2.75, 3.05) is 20.8 Å². The number of hydrogen-bond donors (Lipinski definition) is 1. The Morgan fingerprint density at radius 1 is 1.12 bits per heavy atom. The Kier molecular flexibility index (Phi) is 10.2. The highest BCUT2D eigenvalue weighted by atomic mass is 35.5. The van der Waals surface area contributed by atoms with Crippen molar-refractivity contribution >= 4 is 53.8 Å². The summed E-state index contributed by atoms with van der Waals surface area (Å²) in [4.78, 5) is 32.8. The van der Waals surface area contributed by atoms with Gasteiger partial charge in [0.15, 0.2) is 0 Å². The second-order valence-electron chi connectivity index (χ2n) is 6.75. The number of rotatable bonds is 10. The van der Waals surface area contributed by atoms with Gasteiger partial charge in [-0.2, -0.15) is 0 Å². The van der Waals surface area contributed by atoms with Crippen LogP contribution in [0.3, 0.4) is 0 Å². The molecule has 12 heteroatoms. The van der Waals surface area contributed by atoms with Crippen LogP contribution in [0, 0.1) is 0 Å². The van der Waals surface area contributed by atoms with Gasteiger partial charge in [-0.1, -0.05) is 36.5 Å². The second kappa shape index (κ2) is 12.4. The molecule has 0 aliphatic rings. The fourth-order valence-electron chi connectivity index (χ4n) is 2.73. The molecule has 0 unspecified atom stereocenters. The number of hydrogen-bond acceptors (Lipinski definition) is 8. The van der Waals surface area contributed by atoms with E-state index in [0.717, 1.165) is 6.42 Å². The van der Waals surface area contributed by atoms with Crippen molar-refractivity contribution in [1.29, 1.82) is 0 Å². The standard InChI is InChI=1S/C20H25Cl2N2O7P/c1-4-5-8-30-20(26)24-31-19(25)7-6-17-14(12-32(27,28-2)29-3)9-13-10-15(21)16(22)11-18(13)23-17/h9-11H,4-8,12H2,1-3H3,(H,24,26). The molecule has 2 rings (SSSR count). The van der Waals surface area contributed by atoms with Crippen molar-refractivity contribution in [3.8, 4) is 0 Å². The summed E-state index contributed by atoms with van der Waals surface area (Å²) in [6.45, 7) is 2.19. The third-order valence-electron chi connectivity index (χ3n) is 4.49. The molecule has 1 heterocycles. The molecule has 0 aliphatic carbocycles. The first-order valence-corrected chi connectivity index (χ1v) is 12.3. The molecule has 0 spiro atoms. The number of carbonyl (C=O) groups is 2. The average Bonchev–Trinajstić information content (AvgIpc) is 2.77. The van der Waals surface area contributed by atoms with E-state index in [1.54, 1.807) is 18.2 Å². The minimum atomic E-state index is -3.40. The third-order valence-corrected chi connectivity index (χ3v) is 7.05. The third kappa shape index (κ3) is 7.60. The Bertz CT molecular complexity index is 1010. The number of unbranched alkanes of at least 4 members (excludes halogenated alkanes) is 1. The largest absolute Gasteiger partial charge is 0.447 e. The van der Waals surface area contributed by atoms with Crippen LogP contribution >= 0.6 is 30.8 Å². The number of benzene rings is 1. The summed E-state index contributed by atoms with van der Waals surface area (Å²) in [5, 5.41) is 1.35. The summed E-state index contributed by atoms with van der Waals surface area (Å²) in [7, 11) is -0.826. The number of ether oxygens (including phenoxy) is 1. The molecule has 2 aromatic rings. The number of nitrogens with zero attached hydrogens (tertiary/aromatic N) is 1. The summed E-state index contributed by atoms with van der Waals surface area (Å²) in [5.74, 6) is -0.693. The maximum Gasteiger partial charge on any atom is 0.440 e. The molecule has 0 bridgehead atoms. The van der Waals surface area contributed by atoms with E-state index in [2.05, 4.69) is 4.98 Å². The van der Waals surface area contributed by atoms with Crippen LogP contribution in [-0.2, 0) is 40.6 Å². The zero-order valence-corrected chi connectivity index (χ0v) is 20.4. The van der Waals surface area contributed by atoms with Gasteiger partial charge in [0.1, 0.15) is 0 Å². The predicted molar refractivity (Wildman–Crippen MR) is 121 cm³/mol. The topological polar surface area (TPSA) is 113 Å². The molecule has 1 aromatic heterocycles. The zero-order valence-electron chi connectivity index (χ0n) is 18.0. The number of carbonyl (C=O) groups excluding carboxylic acids is 2. The van der Waals surface area contributed by atoms with Gasteiger partial charge in [-0.25, -0.2) is 9.59 Å². The summed E-state index contributed by atoms with van der Waals surface area (Å²) in [6.07, 6.45) is 0.709. The van der Waals surface area contributed by atoms with Crippen molar-refractivity contribution in [2.45, 2.75) is 38.8 Å². The van der Waals surface area contributed by atoms with E-state index < -0.39 is 19.7 Å². The van der Waals surface area contributed by atoms with E-state index in [-0.39, 0.29) is 25.6 Å². The van der Waals surface area contributed by atoms with E-state index in [0.29, 0.717) is 38.6 Å². The molecule has 176 valence electrons. The molecule has 0 saturated carbocycles. The lowest BCUT2D eigenvalue weighted by Crippen LogP contribution is -2.28. The SMILES string of the molecule is CCCCOC(=O)NOC(=O)CCc1nc2cc(Cl)c(Cl)cc2cc1CP(=O)(OC)OC. The highest BCUT2D eigenvalue weighted by Crippen LogP contribution is 2.50. The molecular weight excluding hydrogens is 482 g/mol. The number of nitrogens with one attached hydrogen (secondary N) is 1. The second-order valence-corrected chi connectivity index (χ2v) is 9.84. The Labute approximate surface area is 196 Å². The van der Waals surface area contributed by atoms with Crippen molar-refractivity contribution < 1.29 is 32.8 Å². The number of hydroxylamine groups is 1. The monoisotopic (exact) mass is 506 g/mol. The normalized spacial score (nSPS) is 11.4. The molecule has 32 heavy (non-hydrogen) atoms. The van der Waals surface area contributed by atoms with Crippen LogP contribution in [0.5, 0.6) is 0 Å². The van der Waals surface area contributed by atoms with Gasteiger partial charge in [0.05, 0.1) is 34.8 Å². The summed E-state index contributed by atoms with van der Waals surface area (Å²) in [5.41, 5.74) is 3.53. The van der Waals surface area contributed by atoms with Crippen LogP contribution in [0.1, 0.15) is 37.4 Å². The minimum Gasteiger partial charge on any atom is -0.447 e. The molecule has 1 amide bonds. The van der Waals surface area contributed by atoms with Gasteiger partial charge >= 0.3 is 19.7 Å². The first-order chi connectivity index (χ1) is 15.2. The Morgan fingerprint density at radius 2 is 1.81 bits per heavy atom.